The quantitative estimate of drug-likeness (QED) is 0.484. The zero-order chi connectivity index (χ0) is 24.8. The van der Waals surface area contributed by atoms with Gasteiger partial charge in [-0.05, 0) is 49.2 Å². The minimum absolute atomic E-state index is 0.00340. The summed E-state index contributed by atoms with van der Waals surface area (Å²) in [5.74, 6) is -0.336. The number of piperidine rings is 1. The normalized spacial score (nSPS) is 16.7. The average Bonchev–Trinajstić information content (AvgIpc) is 2.88. The van der Waals surface area contributed by atoms with E-state index in [2.05, 4.69) is 16.3 Å². The second kappa shape index (κ2) is 11.3. The van der Waals surface area contributed by atoms with Crippen LogP contribution in [0.15, 0.2) is 42.5 Å². The van der Waals surface area contributed by atoms with Crippen LogP contribution >= 0.6 is 0 Å². The predicted octanol–water partition coefficient (Wildman–Crippen LogP) is 3.18. The van der Waals surface area contributed by atoms with E-state index >= 15 is 0 Å². The van der Waals surface area contributed by atoms with Crippen LogP contribution in [0.5, 0.6) is 0 Å². The maximum atomic E-state index is 12.9. The Hall–Kier alpha value is -3.46. The van der Waals surface area contributed by atoms with Crippen molar-refractivity contribution in [3.8, 4) is 0 Å². The predicted molar refractivity (Wildman–Crippen MR) is 134 cm³/mol. The summed E-state index contributed by atoms with van der Waals surface area (Å²) in [5, 5.41) is 14.7. The fourth-order valence-electron chi connectivity index (χ4n) is 4.86. The van der Waals surface area contributed by atoms with Crippen molar-refractivity contribution in [2.24, 2.45) is 0 Å². The molecule has 9 heteroatoms. The van der Waals surface area contributed by atoms with E-state index in [0.29, 0.717) is 38.4 Å². The fourth-order valence-corrected chi connectivity index (χ4v) is 4.86. The molecule has 2 aromatic carbocycles. The summed E-state index contributed by atoms with van der Waals surface area (Å²) in [6.07, 6.45) is 3.73. The number of piperazine rings is 1. The Morgan fingerprint density at radius 3 is 2.29 bits per heavy atom. The van der Waals surface area contributed by atoms with E-state index in [9.17, 15) is 19.7 Å². The molecule has 0 atom stereocenters. The molecule has 4 rings (SSSR count). The molecule has 0 spiro atoms. The van der Waals surface area contributed by atoms with Crippen LogP contribution in [0.2, 0.25) is 0 Å². The molecule has 0 aliphatic carbocycles. The Bertz CT molecular complexity index is 1080. The number of carbonyl (C=O) groups excluding carboxylic acids is 2. The van der Waals surface area contributed by atoms with Crippen LogP contribution < -0.4 is 10.2 Å². The lowest BCUT2D eigenvalue weighted by Gasteiger charge is -2.35. The summed E-state index contributed by atoms with van der Waals surface area (Å²) in [5.41, 5.74) is 2.89. The van der Waals surface area contributed by atoms with Crippen molar-refractivity contribution in [3.05, 3.63) is 69.3 Å². The monoisotopic (exact) mass is 479 g/mol. The highest BCUT2D eigenvalue weighted by atomic mass is 16.6. The Morgan fingerprint density at radius 1 is 0.943 bits per heavy atom. The molecule has 0 bridgehead atoms. The van der Waals surface area contributed by atoms with Crippen molar-refractivity contribution in [3.63, 3.8) is 0 Å². The van der Waals surface area contributed by atoms with Crippen LogP contribution in [0.3, 0.4) is 0 Å². The lowest BCUT2D eigenvalue weighted by molar-refractivity contribution is -0.384. The molecule has 9 nitrogen and oxygen atoms in total. The smallest absolute Gasteiger partial charge is 0.293 e. The van der Waals surface area contributed by atoms with Crippen LogP contribution in [0.1, 0.15) is 47.7 Å². The van der Waals surface area contributed by atoms with Crippen molar-refractivity contribution >= 4 is 23.2 Å². The van der Waals surface area contributed by atoms with Gasteiger partial charge in [-0.15, -0.1) is 0 Å². The lowest BCUT2D eigenvalue weighted by atomic mass is 10.0. The van der Waals surface area contributed by atoms with Crippen molar-refractivity contribution in [1.29, 1.82) is 0 Å². The first kappa shape index (κ1) is 24.7. The number of likely N-dealkylation sites (tertiary alicyclic amines) is 1. The summed E-state index contributed by atoms with van der Waals surface area (Å²) < 4.78 is 0. The van der Waals surface area contributed by atoms with Gasteiger partial charge in [-0.25, -0.2) is 0 Å². The van der Waals surface area contributed by atoms with Gasteiger partial charge in [0.25, 0.3) is 11.6 Å². The van der Waals surface area contributed by atoms with Gasteiger partial charge in [0.15, 0.2) is 0 Å². The van der Waals surface area contributed by atoms with Crippen LogP contribution in [0.4, 0.5) is 11.4 Å². The first-order chi connectivity index (χ1) is 16.9. The van der Waals surface area contributed by atoms with Gasteiger partial charge in [0.2, 0.25) is 5.91 Å². The van der Waals surface area contributed by atoms with E-state index in [1.54, 1.807) is 17.0 Å². The van der Waals surface area contributed by atoms with E-state index in [1.807, 2.05) is 23.1 Å². The number of benzene rings is 2. The van der Waals surface area contributed by atoms with Gasteiger partial charge in [0.1, 0.15) is 5.69 Å². The second-order valence-electron chi connectivity index (χ2n) is 9.24. The number of hydrogen-bond donors (Lipinski definition) is 1. The van der Waals surface area contributed by atoms with Crippen molar-refractivity contribution in [2.45, 2.75) is 39.3 Å². The third-order valence-electron chi connectivity index (χ3n) is 6.90. The minimum atomic E-state index is -0.447. The zero-order valence-electron chi connectivity index (χ0n) is 20.2. The molecule has 2 aliphatic rings. The molecule has 2 amide bonds. The maximum Gasteiger partial charge on any atom is 0.293 e. The number of carbonyl (C=O) groups is 2. The van der Waals surface area contributed by atoms with E-state index in [0.717, 1.165) is 25.2 Å². The molecule has 1 N–H and O–H groups in total. The molecule has 2 aromatic rings. The third-order valence-corrected chi connectivity index (χ3v) is 6.90. The van der Waals surface area contributed by atoms with Crippen LogP contribution in [0, 0.1) is 10.1 Å². The molecule has 186 valence electrons. The number of rotatable bonds is 7. The molecule has 2 fully saturated rings. The molecule has 0 aromatic heterocycles. The molecule has 35 heavy (non-hydrogen) atoms. The van der Waals surface area contributed by atoms with Gasteiger partial charge in [0, 0.05) is 57.8 Å². The standard InChI is InChI=1S/C26H33N5O4/c1-20(32)29-13-15-30(16-14-29)24-10-9-21(17-25(24)31(34)35)26(33)27-18-22-7-3-4-8-23(22)19-28-11-5-2-6-12-28/h3-4,7-10,17H,2,5-6,11-16,18-19H2,1H3,(H,27,33). The third kappa shape index (κ3) is 6.16. The van der Waals surface area contributed by atoms with Gasteiger partial charge in [0.05, 0.1) is 4.92 Å². The molecular weight excluding hydrogens is 446 g/mol. The number of nitrogens with one attached hydrogen (secondary N) is 1. The van der Waals surface area contributed by atoms with Gasteiger partial charge in [-0.2, -0.15) is 0 Å². The molecular formula is C26H33N5O4. The van der Waals surface area contributed by atoms with Gasteiger partial charge >= 0.3 is 0 Å². The maximum absolute atomic E-state index is 12.9. The first-order valence-corrected chi connectivity index (χ1v) is 12.3. The fraction of sp³-hybridized carbons (Fsp3) is 0.462. The van der Waals surface area contributed by atoms with Crippen molar-refractivity contribution in [2.75, 3.05) is 44.2 Å². The van der Waals surface area contributed by atoms with Crippen LogP contribution in [-0.2, 0) is 17.9 Å². The molecule has 0 unspecified atom stereocenters. The van der Waals surface area contributed by atoms with Crippen LogP contribution in [-0.4, -0.2) is 65.8 Å². The number of amides is 2. The van der Waals surface area contributed by atoms with Gasteiger partial charge in [-0.3, -0.25) is 24.6 Å². The number of hydrogen-bond acceptors (Lipinski definition) is 6. The number of nitrogens with zero attached hydrogens (tertiary/aromatic N) is 4. The lowest BCUT2D eigenvalue weighted by Crippen LogP contribution is -2.48. The van der Waals surface area contributed by atoms with Crippen molar-refractivity contribution < 1.29 is 14.5 Å². The summed E-state index contributed by atoms with van der Waals surface area (Å²) in [4.78, 5) is 41.9. The molecule has 2 saturated heterocycles. The zero-order valence-corrected chi connectivity index (χ0v) is 20.2. The minimum Gasteiger partial charge on any atom is -0.362 e. The van der Waals surface area contributed by atoms with Gasteiger partial charge < -0.3 is 15.1 Å². The highest BCUT2D eigenvalue weighted by molar-refractivity contribution is 5.95. The SMILES string of the molecule is CC(=O)N1CCN(c2ccc(C(=O)NCc3ccccc3CN3CCCCC3)cc2[N+](=O)[O-])CC1. The van der Waals surface area contributed by atoms with Crippen LogP contribution in [0.25, 0.3) is 0 Å². The largest absolute Gasteiger partial charge is 0.362 e. The highest BCUT2D eigenvalue weighted by Crippen LogP contribution is 2.30. The molecule has 2 aliphatic heterocycles. The summed E-state index contributed by atoms with van der Waals surface area (Å²) >= 11 is 0. The van der Waals surface area contributed by atoms with Crippen molar-refractivity contribution in [1.82, 2.24) is 15.1 Å². The number of nitro groups is 1. The Kier molecular flexibility index (Phi) is 7.97. The summed E-state index contributed by atoms with van der Waals surface area (Å²) in [6, 6.07) is 12.7. The van der Waals surface area contributed by atoms with Gasteiger partial charge in [-0.1, -0.05) is 30.7 Å². The first-order valence-electron chi connectivity index (χ1n) is 12.3. The molecule has 2 heterocycles. The summed E-state index contributed by atoms with van der Waals surface area (Å²) in [7, 11) is 0. The average molecular weight is 480 g/mol. The summed E-state index contributed by atoms with van der Waals surface area (Å²) in [6.45, 7) is 7.02. The number of anilines is 1. The van der Waals surface area contributed by atoms with E-state index in [1.165, 1.54) is 37.8 Å². The Balaban J connectivity index is 1.42. The number of nitro benzene ring substituents is 1. The molecule has 0 radical (unpaired) electrons. The van der Waals surface area contributed by atoms with E-state index in [4.69, 9.17) is 0 Å². The molecule has 0 saturated carbocycles. The van der Waals surface area contributed by atoms with E-state index < -0.39 is 4.92 Å². The Morgan fingerprint density at radius 2 is 1.63 bits per heavy atom. The Labute approximate surface area is 205 Å². The highest BCUT2D eigenvalue weighted by Gasteiger charge is 2.26. The van der Waals surface area contributed by atoms with E-state index in [-0.39, 0.29) is 23.1 Å². The topological polar surface area (TPSA) is 99.0 Å². The second-order valence-corrected chi connectivity index (χ2v) is 9.24.